The van der Waals surface area contributed by atoms with E-state index in [0.717, 1.165) is 5.75 Å². The molecule has 1 atom stereocenters. The van der Waals surface area contributed by atoms with E-state index in [2.05, 4.69) is 5.10 Å². The number of hydrogen-bond acceptors (Lipinski definition) is 5. The smallest absolute Gasteiger partial charge is 0.274 e. The first-order valence-electron chi connectivity index (χ1n) is 10.3. The highest BCUT2D eigenvalue weighted by Crippen LogP contribution is 2.25. The zero-order chi connectivity index (χ0) is 22.5. The van der Waals surface area contributed by atoms with Gasteiger partial charge >= 0.3 is 0 Å². The normalized spacial score (nSPS) is 12.0. The summed E-state index contributed by atoms with van der Waals surface area (Å²) in [5, 5.41) is 16.1. The lowest BCUT2D eigenvalue weighted by Gasteiger charge is -2.16. The molecule has 0 aliphatic carbocycles. The minimum Gasteiger partial charge on any atom is -0.494 e. The van der Waals surface area contributed by atoms with Crippen molar-refractivity contribution in [2.75, 3.05) is 13.2 Å². The average molecular weight is 434 g/mol. The first-order chi connectivity index (χ1) is 15.5. The van der Waals surface area contributed by atoms with E-state index in [-0.39, 0.29) is 24.5 Å². The van der Waals surface area contributed by atoms with Crippen LogP contribution < -0.4 is 15.0 Å². The molecule has 4 rings (SSSR count). The summed E-state index contributed by atoms with van der Waals surface area (Å²) in [5.41, 5.74) is 0.905. The highest BCUT2D eigenvalue weighted by Gasteiger charge is 2.15. The van der Waals surface area contributed by atoms with E-state index in [4.69, 9.17) is 9.47 Å². The van der Waals surface area contributed by atoms with Gasteiger partial charge in [-0.2, -0.15) is 5.10 Å². The fourth-order valence-corrected chi connectivity index (χ4v) is 3.42. The average Bonchev–Trinajstić information content (AvgIpc) is 2.81. The Morgan fingerprint density at radius 1 is 0.938 bits per heavy atom. The van der Waals surface area contributed by atoms with Gasteiger partial charge in [0.15, 0.2) is 0 Å². The Balaban J connectivity index is 1.56. The number of halogens is 1. The van der Waals surface area contributed by atoms with Crippen molar-refractivity contribution in [2.24, 2.45) is 0 Å². The van der Waals surface area contributed by atoms with Crippen LogP contribution in [0, 0.1) is 5.82 Å². The van der Waals surface area contributed by atoms with Crippen molar-refractivity contribution in [3.8, 4) is 22.8 Å². The van der Waals surface area contributed by atoms with Crippen molar-refractivity contribution >= 4 is 10.8 Å². The van der Waals surface area contributed by atoms with E-state index in [1.54, 1.807) is 54.6 Å². The lowest BCUT2D eigenvalue weighted by molar-refractivity contribution is 0.0882. The van der Waals surface area contributed by atoms with E-state index >= 15 is 0 Å². The topological polar surface area (TPSA) is 73.6 Å². The van der Waals surface area contributed by atoms with Crippen molar-refractivity contribution < 1.29 is 19.0 Å². The van der Waals surface area contributed by atoms with Crippen molar-refractivity contribution in [2.45, 2.75) is 19.6 Å². The molecule has 32 heavy (non-hydrogen) atoms. The molecule has 3 aromatic carbocycles. The zero-order valence-corrected chi connectivity index (χ0v) is 17.6. The standard InChI is InChI=1S/C25H23FN2O4/c1-2-31-20-11-13-21(14-12-20)32-16-19(29)15-28-25(30)23-6-4-3-5-22(23)24(27-28)17-7-9-18(26)10-8-17/h3-14,19,29H,2,15-16H2,1H3/t19-/m1/s1. The molecule has 0 amide bonds. The second-order valence-corrected chi connectivity index (χ2v) is 7.26. The van der Waals surface area contributed by atoms with Gasteiger partial charge in [-0.25, -0.2) is 9.07 Å². The van der Waals surface area contributed by atoms with Crippen LogP contribution in [0.1, 0.15) is 6.92 Å². The number of aromatic nitrogens is 2. The second kappa shape index (κ2) is 9.62. The summed E-state index contributed by atoms with van der Waals surface area (Å²) in [6.45, 7) is 2.42. The molecule has 0 fully saturated rings. The van der Waals surface area contributed by atoms with Gasteiger partial charge < -0.3 is 14.6 Å². The molecule has 4 aromatic rings. The molecule has 0 unspecified atom stereocenters. The third-order valence-corrected chi connectivity index (χ3v) is 4.95. The van der Waals surface area contributed by atoms with Crippen molar-refractivity contribution in [1.82, 2.24) is 9.78 Å². The Labute approximate surface area is 184 Å². The predicted molar refractivity (Wildman–Crippen MR) is 121 cm³/mol. The summed E-state index contributed by atoms with van der Waals surface area (Å²) >= 11 is 0. The van der Waals surface area contributed by atoms with Gasteiger partial charge in [0.05, 0.1) is 24.2 Å². The molecule has 1 heterocycles. The van der Waals surface area contributed by atoms with Gasteiger partial charge in [-0.3, -0.25) is 4.79 Å². The molecule has 1 N–H and O–H groups in total. The van der Waals surface area contributed by atoms with Gasteiger partial charge in [-0.15, -0.1) is 0 Å². The number of nitrogens with zero attached hydrogens (tertiary/aromatic N) is 2. The minimum atomic E-state index is -0.964. The van der Waals surface area contributed by atoms with Crippen molar-refractivity contribution in [3.63, 3.8) is 0 Å². The Morgan fingerprint density at radius 2 is 1.56 bits per heavy atom. The van der Waals surface area contributed by atoms with Crippen LogP contribution in [0.4, 0.5) is 4.39 Å². The van der Waals surface area contributed by atoms with Gasteiger partial charge in [0.2, 0.25) is 0 Å². The van der Waals surface area contributed by atoms with Crippen LogP contribution in [0.2, 0.25) is 0 Å². The molecule has 0 saturated carbocycles. The quantitative estimate of drug-likeness (QED) is 0.453. The molecule has 0 spiro atoms. The number of rotatable bonds is 8. The van der Waals surface area contributed by atoms with Gasteiger partial charge in [-0.1, -0.05) is 18.2 Å². The summed E-state index contributed by atoms with van der Waals surface area (Å²) in [5.74, 6) is 0.965. The molecule has 7 heteroatoms. The van der Waals surface area contributed by atoms with Gasteiger partial charge in [-0.05, 0) is 61.5 Å². The van der Waals surface area contributed by atoms with Crippen LogP contribution in [0.15, 0.2) is 77.6 Å². The fourth-order valence-electron chi connectivity index (χ4n) is 3.42. The summed E-state index contributed by atoms with van der Waals surface area (Å²) in [6, 6.07) is 20.1. The maximum atomic E-state index is 13.4. The molecular weight excluding hydrogens is 411 g/mol. The number of aliphatic hydroxyl groups excluding tert-OH is 1. The zero-order valence-electron chi connectivity index (χ0n) is 17.6. The minimum absolute atomic E-state index is 0.0131. The highest BCUT2D eigenvalue weighted by molar-refractivity contribution is 5.93. The van der Waals surface area contributed by atoms with Crippen molar-refractivity contribution in [1.29, 1.82) is 0 Å². The number of aliphatic hydroxyl groups is 1. The van der Waals surface area contributed by atoms with E-state index in [9.17, 15) is 14.3 Å². The van der Waals surface area contributed by atoms with Gasteiger partial charge in [0, 0.05) is 10.9 Å². The van der Waals surface area contributed by atoms with Crippen molar-refractivity contribution in [3.05, 3.63) is 89.0 Å². The maximum Gasteiger partial charge on any atom is 0.274 e. The number of fused-ring (bicyclic) bond motifs is 1. The molecule has 0 saturated heterocycles. The Bertz CT molecular complexity index is 1250. The molecule has 0 aliphatic rings. The Kier molecular flexibility index (Phi) is 6.47. The van der Waals surface area contributed by atoms with Crippen LogP contribution >= 0.6 is 0 Å². The first-order valence-corrected chi connectivity index (χ1v) is 10.3. The molecule has 0 bridgehead atoms. The molecular formula is C25H23FN2O4. The number of ether oxygens (including phenoxy) is 2. The number of benzene rings is 3. The monoisotopic (exact) mass is 434 g/mol. The Morgan fingerprint density at radius 3 is 2.22 bits per heavy atom. The van der Waals surface area contributed by atoms with E-state index in [0.29, 0.717) is 34.4 Å². The first kappa shape index (κ1) is 21.5. The second-order valence-electron chi connectivity index (χ2n) is 7.26. The van der Waals surface area contributed by atoms with E-state index < -0.39 is 6.10 Å². The predicted octanol–water partition coefficient (Wildman–Crippen LogP) is 4.04. The lowest BCUT2D eigenvalue weighted by atomic mass is 10.1. The Hall–Kier alpha value is -3.71. The fraction of sp³-hybridized carbons (Fsp3) is 0.200. The molecule has 164 valence electrons. The third-order valence-electron chi connectivity index (χ3n) is 4.95. The molecule has 0 aliphatic heterocycles. The largest absolute Gasteiger partial charge is 0.494 e. The molecule has 6 nitrogen and oxygen atoms in total. The van der Waals surface area contributed by atoms with Gasteiger partial charge in [0.1, 0.15) is 30.0 Å². The summed E-state index contributed by atoms with van der Waals surface area (Å²) in [6.07, 6.45) is -0.964. The third kappa shape index (κ3) is 4.78. The SMILES string of the molecule is CCOc1ccc(OC[C@H](O)Cn2nc(-c3ccc(F)cc3)c3ccccc3c2=O)cc1. The van der Waals surface area contributed by atoms with Crippen LogP contribution in [0.25, 0.3) is 22.0 Å². The summed E-state index contributed by atoms with van der Waals surface area (Å²) < 4.78 is 25.7. The summed E-state index contributed by atoms with van der Waals surface area (Å²) in [7, 11) is 0. The summed E-state index contributed by atoms with van der Waals surface area (Å²) in [4.78, 5) is 12.9. The van der Waals surface area contributed by atoms with Crippen LogP contribution in [0.5, 0.6) is 11.5 Å². The molecule has 0 radical (unpaired) electrons. The van der Waals surface area contributed by atoms with E-state index in [1.807, 2.05) is 13.0 Å². The van der Waals surface area contributed by atoms with Crippen LogP contribution in [0.3, 0.4) is 0 Å². The van der Waals surface area contributed by atoms with Crippen LogP contribution in [-0.2, 0) is 6.54 Å². The maximum absolute atomic E-state index is 13.4. The highest BCUT2D eigenvalue weighted by atomic mass is 19.1. The van der Waals surface area contributed by atoms with Crippen LogP contribution in [-0.4, -0.2) is 34.2 Å². The lowest BCUT2D eigenvalue weighted by Crippen LogP contribution is -2.32. The molecule has 1 aromatic heterocycles. The van der Waals surface area contributed by atoms with Gasteiger partial charge in [0.25, 0.3) is 5.56 Å². The number of hydrogen-bond donors (Lipinski definition) is 1. The van der Waals surface area contributed by atoms with E-state index in [1.165, 1.54) is 16.8 Å².